The minimum atomic E-state index is 0.197. The molecule has 0 aromatic heterocycles. The number of hydrogen-bond acceptors (Lipinski definition) is 3. The van der Waals surface area contributed by atoms with Crippen LogP contribution in [0.5, 0.6) is 0 Å². The maximum Gasteiger partial charge on any atom is 0.0678 e. The van der Waals surface area contributed by atoms with E-state index in [1.54, 1.807) is 0 Å². The Morgan fingerprint density at radius 1 is 1.06 bits per heavy atom. The van der Waals surface area contributed by atoms with Gasteiger partial charge in [0.25, 0.3) is 0 Å². The predicted molar refractivity (Wildman–Crippen MR) is 78.0 cm³/mol. The maximum absolute atomic E-state index is 5.79. The third kappa shape index (κ3) is 6.17. The molecule has 1 aliphatic heterocycles. The van der Waals surface area contributed by atoms with Crippen molar-refractivity contribution in [3.05, 3.63) is 0 Å². The monoisotopic (exact) mass is 256 g/mol. The van der Waals surface area contributed by atoms with Crippen molar-refractivity contribution in [2.24, 2.45) is 5.41 Å². The van der Waals surface area contributed by atoms with Crippen molar-refractivity contribution < 1.29 is 4.74 Å². The van der Waals surface area contributed by atoms with Crippen molar-refractivity contribution in [1.82, 2.24) is 10.2 Å². The highest BCUT2D eigenvalue weighted by molar-refractivity contribution is 4.83. The molecule has 1 saturated heterocycles. The molecule has 108 valence electrons. The number of morpholine rings is 1. The molecule has 1 N–H and O–H groups in total. The molecular weight excluding hydrogens is 224 g/mol. The summed E-state index contributed by atoms with van der Waals surface area (Å²) >= 11 is 0. The van der Waals surface area contributed by atoms with Gasteiger partial charge in [-0.05, 0) is 40.0 Å². The van der Waals surface area contributed by atoms with Crippen molar-refractivity contribution >= 4 is 0 Å². The highest BCUT2D eigenvalue weighted by atomic mass is 16.5. The summed E-state index contributed by atoms with van der Waals surface area (Å²) in [5.41, 5.74) is 0.493. The Morgan fingerprint density at radius 3 is 2.00 bits per heavy atom. The van der Waals surface area contributed by atoms with Crippen LogP contribution in [0.3, 0.4) is 0 Å². The fourth-order valence-electron chi connectivity index (χ4n) is 2.58. The Bertz CT molecular complexity index is 248. The Hall–Kier alpha value is -0.120. The third-order valence-electron chi connectivity index (χ3n) is 3.24. The van der Waals surface area contributed by atoms with Gasteiger partial charge in [0.05, 0.1) is 12.2 Å². The van der Waals surface area contributed by atoms with Crippen LogP contribution in [-0.2, 0) is 4.74 Å². The molecular formula is C15H32N2O. The van der Waals surface area contributed by atoms with Crippen molar-refractivity contribution in [3.8, 4) is 0 Å². The summed E-state index contributed by atoms with van der Waals surface area (Å²) in [6, 6.07) is 0. The van der Waals surface area contributed by atoms with E-state index in [4.69, 9.17) is 4.74 Å². The van der Waals surface area contributed by atoms with Crippen molar-refractivity contribution in [2.75, 3.05) is 26.2 Å². The average molecular weight is 256 g/mol. The zero-order valence-corrected chi connectivity index (χ0v) is 13.3. The lowest BCUT2D eigenvalue weighted by Gasteiger charge is -2.40. The van der Waals surface area contributed by atoms with Crippen molar-refractivity contribution in [3.63, 3.8) is 0 Å². The molecule has 1 fully saturated rings. The van der Waals surface area contributed by atoms with Crippen LogP contribution in [0.2, 0.25) is 0 Å². The van der Waals surface area contributed by atoms with Gasteiger partial charge in [0.2, 0.25) is 0 Å². The molecule has 0 unspecified atom stereocenters. The predicted octanol–water partition coefficient (Wildman–Crippen LogP) is 2.51. The van der Waals surface area contributed by atoms with E-state index in [0.717, 1.165) is 26.2 Å². The molecule has 0 spiro atoms. The molecule has 3 heteroatoms. The van der Waals surface area contributed by atoms with Gasteiger partial charge in [0, 0.05) is 31.7 Å². The summed E-state index contributed by atoms with van der Waals surface area (Å²) in [4.78, 5) is 2.54. The third-order valence-corrected chi connectivity index (χ3v) is 3.24. The van der Waals surface area contributed by atoms with E-state index in [2.05, 4.69) is 58.7 Å². The van der Waals surface area contributed by atoms with Gasteiger partial charge in [0.15, 0.2) is 0 Å². The summed E-state index contributed by atoms with van der Waals surface area (Å²) < 4.78 is 5.79. The Labute approximate surface area is 113 Å². The van der Waals surface area contributed by atoms with Gasteiger partial charge in [0.1, 0.15) is 0 Å². The Balaban J connectivity index is 2.44. The first-order valence-corrected chi connectivity index (χ1v) is 7.20. The summed E-state index contributed by atoms with van der Waals surface area (Å²) in [6.45, 7) is 20.0. The molecule has 0 radical (unpaired) electrons. The standard InChI is InChI=1S/C15H32N2O/c1-12-8-17(9-13(2)18-12)11-15(6,7)10-16-14(3,4)5/h12-13,16H,8-11H2,1-7H3/t12-,13+. The van der Waals surface area contributed by atoms with E-state index in [-0.39, 0.29) is 5.54 Å². The van der Waals surface area contributed by atoms with Gasteiger partial charge in [-0.3, -0.25) is 4.90 Å². The molecule has 18 heavy (non-hydrogen) atoms. The second-order valence-electron chi connectivity index (χ2n) is 7.72. The van der Waals surface area contributed by atoms with Crippen LogP contribution in [-0.4, -0.2) is 48.8 Å². The van der Waals surface area contributed by atoms with E-state index < -0.39 is 0 Å². The minimum absolute atomic E-state index is 0.197. The van der Waals surface area contributed by atoms with Crippen LogP contribution < -0.4 is 5.32 Å². The quantitative estimate of drug-likeness (QED) is 0.836. The van der Waals surface area contributed by atoms with Gasteiger partial charge >= 0.3 is 0 Å². The maximum atomic E-state index is 5.79. The second-order valence-corrected chi connectivity index (χ2v) is 7.72. The van der Waals surface area contributed by atoms with Gasteiger partial charge in [-0.2, -0.15) is 0 Å². The smallest absolute Gasteiger partial charge is 0.0678 e. The molecule has 3 nitrogen and oxygen atoms in total. The summed E-state index contributed by atoms with van der Waals surface area (Å²) in [6.07, 6.45) is 0.722. The van der Waals surface area contributed by atoms with Crippen LogP contribution in [0.1, 0.15) is 48.5 Å². The molecule has 0 saturated carbocycles. The highest BCUT2D eigenvalue weighted by Crippen LogP contribution is 2.20. The Morgan fingerprint density at radius 2 is 1.56 bits per heavy atom. The molecule has 0 amide bonds. The first-order valence-electron chi connectivity index (χ1n) is 7.20. The lowest BCUT2D eigenvalue weighted by molar-refractivity contribution is -0.0757. The fourth-order valence-corrected chi connectivity index (χ4v) is 2.58. The molecule has 0 aromatic rings. The van der Waals surface area contributed by atoms with Gasteiger partial charge in [-0.15, -0.1) is 0 Å². The summed E-state index contributed by atoms with van der Waals surface area (Å²) in [5, 5.41) is 3.62. The first kappa shape index (κ1) is 15.9. The van der Waals surface area contributed by atoms with Crippen LogP contribution in [0.25, 0.3) is 0 Å². The van der Waals surface area contributed by atoms with E-state index in [0.29, 0.717) is 17.6 Å². The highest BCUT2D eigenvalue weighted by Gasteiger charge is 2.28. The number of ether oxygens (including phenoxy) is 1. The van der Waals surface area contributed by atoms with Crippen LogP contribution >= 0.6 is 0 Å². The zero-order valence-electron chi connectivity index (χ0n) is 13.3. The average Bonchev–Trinajstić information content (AvgIpc) is 2.11. The number of nitrogens with zero attached hydrogens (tertiary/aromatic N) is 1. The molecule has 1 heterocycles. The van der Waals surface area contributed by atoms with E-state index in [1.165, 1.54) is 0 Å². The van der Waals surface area contributed by atoms with E-state index in [1.807, 2.05) is 0 Å². The molecule has 0 aliphatic carbocycles. The largest absolute Gasteiger partial charge is 0.373 e. The van der Waals surface area contributed by atoms with E-state index in [9.17, 15) is 0 Å². The van der Waals surface area contributed by atoms with Gasteiger partial charge in [-0.25, -0.2) is 0 Å². The molecule has 0 bridgehead atoms. The topological polar surface area (TPSA) is 24.5 Å². The number of nitrogens with one attached hydrogen (secondary N) is 1. The summed E-state index contributed by atoms with van der Waals surface area (Å²) in [7, 11) is 0. The van der Waals surface area contributed by atoms with E-state index >= 15 is 0 Å². The number of rotatable bonds is 4. The molecule has 2 atom stereocenters. The van der Waals surface area contributed by atoms with Crippen LogP contribution in [0.15, 0.2) is 0 Å². The lowest BCUT2D eigenvalue weighted by Crippen LogP contribution is -2.51. The van der Waals surface area contributed by atoms with Crippen LogP contribution in [0.4, 0.5) is 0 Å². The fraction of sp³-hybridized carbons (Fsp3) is 1.00. The van der Waals surface area contributed by atoms with Gasteiger partial charge in [-0.1, -0.05) is 13.8 Å². The molecule has 0 aromatic carbocycles. The number of hydrogen-bond donors (Lipinski definition) is 1. The minimum Gasteiger partial charge on any atom is -0.373 e. The molecule has 1 rings (SSSR count). The SMILES string of the molecule is C[C@@H]1CN(CC(C)(C)CNC(C)(C)C)C[C@H](C)O1. The van der Waals surface area contributed by atoms with Crippen LogP contribution in [0, 0.1) is 5.41 Å². The summed E-state index contributed by atoms with van der Waals surface area (Å²) in [5.74, 6) is 0. The van der Waals surface area contributed by atoms with Gasteiger partial charge < -0.3 is 10.1 Å². The second kappa shape index (κ2) is 5.89. The molecule has 1 aliphatic rings. The first-order chi connectivity index (χ1) is 8.07. The zero-order chi connectivity index (χ0) is 14.0. The lowest BCUT2D eigenvalue weighted by atomic mass is 9.91. The normalized spacial score (nSPS) is 27.5. The van der Waals surface area contributed by atoms with Crippen molar-refractivity contribution in [1.29, 1.82) is 0 Å². The van der Waals surface area contributed by atoms with Crippen molar-refractivity contribution in [2.45, 2.75) is 66.2 Å². The Kier molecular flexibility index (Phi) is 5.22.